The minimum absolute atomic E-state index is 0.0200. The van der Waals surface area contributed by atoms with Crippen molar-refractivity contribution in [3.8, 4) is 11.8 Å². The van der Waals surface area contributed by atoms with Crippen molar-refractivity contribution in [2.45, 2.75) is 106 Å². The van der Waals surface area contributed by atoms with Gasteiger partial charge in [-0.25, -0.2) is 21.6 Å². The molecule has 0 saturated carbocycles. The maximum absolute atomic E-state index is 13.4. The first-order valence-electron chi connectivity index (χ1n) is 23.7. The van der Waals surface area contributed by atoms with Gasteiger partial charge in [-0.3, -0.25) is 9.59 Å². The number of quaternary nitrogens is 1. The topological polar surface area (TPSA) is 175 Å². The lowest BCUT2D eigenvalue weighted by Gasteiger charge is -2.29. The quantitative estimate of drug-likeness (QED) is 0.0340. The van der Waals surface area contributed by atoms with Crippen molar-refractivity contribution in [3.05, 3.63) is 135 Å². The zero-order valence-corrected chi connectivity index (χ0v) is 43.0. The van der Waals surface area contributed by atoms with Crippen molar-refractivity contribution in [1.29, 1.82) is 0 Å². The van der Waals surface area contributed by atoms with Crippen LogP contribution in [0.25, 0.3) is 4.72 Å². The number of likely N-dealkylation sites (N-methyl/N-ethyl adjacent to an activating group) is 1. The number of allylic oxidation sites excluding steroid dienone is 8. The Hall–Kier alpha value is -5.96. The van der Waals surface area contributed by atoms with Gasteiger partial charge in [0.2, 0.25) is 5.69 Å². The molecule has 3 aromatic carbocycles. The lowest BCUT2D eigenvalue weighted by molar-refractivity contribution is -0.868. The molecule has 0 unspecified atom stereocenters. The fourth-order valence-corrected chi connectivity index (χ4v) is 11.0. The van der Waals surface area contributed by atoms with Gasteiger partial charge in [-0.1, -0.05) is 69.0 Å². The first kappa shape index (κ1) is 51.9. The van der Waals surface area contributed by atoms with E-state index in [1.165, 1.54) is 12.1 Å². The van der Waals surface area contributed by atoms with Crippen molar-refractivity contribution in [3.63, 3.8) is 0 Å². The third kappa shape index (κ3) is 11.5. The number of benzene rings is 3. The van der Waals surface area contributed by atoms with E-state index < -0.39 is 48.8 Å². The van der Waals surface area contributed by atoms with Crippen LogP contribution in [0.2, 0.25) is 0 Å². The average Bonchev–Trinajstić information content (AvgIpc) is 3.80. The smallest absolute Gasteiger partial charge is 0.333 e. The molecule has 16 heteroatoms. The van der Waals surface area contributed by atoms with E-state index in [4.69, 9.17) is 4.84 Å². The van der Waals surface area contributed by atoms with Gasteiger partial charge < -0.3 is 23.5 Å². The number of sulfonamides is 1. The van der Waals surface area contributed by atoms with Gasteiger partial charge >= 0.3 is 5.97 Å². The Bertz CT molecular complexity index is 3040. The molecule has 0 bridgehead atoms. The van der Waals surface area contributed by atoms with Crippen LogP contribution in [0, 0.1) is 11.8 Å². The van der Waals surface area contributed by atoms with Gasteiger partial charge in [0.05, 0.1) is 38.0 Å². The summed E-state index contributed by atoms with van der Waals surface area (Å²) in [5, 5.41) is 0.555. The van der Waals surface area contributed by atoms with E-state index in [0.717, 1.165) is 69.9 Å². The first-order valence-corrected chi connectivity index (χ1v) is 26.6. The van der Waals surface area contributed by atoms with Crippen LogP contribution in [-0.2, 0) is 50.2 Å². The van der Waals surface area contributed by atoms with E-state index in [0.29, 0.717) is 47.5 Å². The lowest BCUT2D eigenvalue weighted by Crippen LogP contribution is -2.37. The summed E-state index contributed by atoms with van der Waals surface area (Å²) in [4.78, 5) is 43.4. The van der Waals surface area contributed by atoms with Crippen molar-refractivity contribution < 1.29 is 49.7 Å². The number of carbonyl (C=O) groups is 3. The van der Waals surface area contributed by atoms with Gasteiger partial charge in [-0.05, 0) is 111 Å². The van der Waals surface area contributed by atoms with Crippen molar-refractivity contribution >= 4 is 55.0 Å². The number of hydrogen-bond acceptors (Lipinski definition) is 10. The number of anilines is 1. The second-order valence-corrected chi connectivity index (χ2v) is 23.4. The molecule has 3 aliphatic heterocycles. The second kappa shape index (κ2) is 20.4. The lowest BCUT2D eigenvalue weighted by atomic mass is 9.80. The molecule has 4 aliphatic rings. The van der Waals surface area contributed by atoms with Crippen LogP contribution in [0.4, 0.5) is 11.4 Å². The Morgan fingerprint density at radius 2 is 1.51 bits per heavy atom. The normalized spacial score (nSPS) is 19.1. The minimum atomic E-state index is -4.73. The highest BCUT2D eigenvalue weighted by molar-refractivity contribution is 7.94. The third-order valence-corrected chi connectivity index (χ3v) is 15.7. The number of hydrogen-bond donors (Lipinski definition) is 0. The molecule has 370 valence electrons. The van der Waals surface area contributed by atoms with Crippen molar-refractivity contribution in [1.82, 2.24) is 5.06 Å². The monoisotopic (exact) mass is 989 g/mol. The summed E-state index contributed by atoms with van der Waals surface area (Å²) < 4.78 is 70.4. The van der Waals surface area contributed by atoms with Gasteiger partial charge in [-0.15, -0.1) is 5.06 Å². The van der Waals surface area contributed by atoms with E-state index in [2.05, 4.69) is 64.2 Å². The first-order chi connectivity index (χ1) is 32.9. The van der Waals surface area contributed by atoms with Crippen molar-refractivity contribution in [2.24, 2.45) is 0 Å². The summed E-state index contributed by atoms with van der Waals surface area (Å²) in [6.45, 7) is 9.51. The Balaban J connectivity index is 1.20. The summed E-state index contributed by atoms with van der Waals surface area (Å²) in [5.74, 6) is 5.21. The van der Waals surface area contributed by atoms with E-state index in [9.17, 15) is 35.8 Å². The molecule has 3 aromatic rings. The number of hydroxylamine groups is 2. The largest absolute Gasteiger partial charge is 0.744 e. The van der Waals surface area contributed by atoms with Gasteiger partial charge in [0, 0.05) is 76.3 Å². The number of carbonyl (C=O) groups excluding carboxylic acids is 3. The highest BCUT2D eigenvalue weighted by atomic mass is 32.2. The highest BCUT2D eigenvalue weighted by Crippen LogP contribution is 2.49. The Labute approximate surface area is 413 Å². The molecule has 14 nitrogen and oxygen atoms in total. The molecular formula is C54H63N5O9S2. The SMILES string of the molecule is C[N+]1=C(/C=C/C2=C(C#Cc3ccccc3)C(=C\C=C3/N(CCCCCC(=O)ON4C(=O)CCC4=O)c4ccc(S(=O)(=O)[O-])cc4C3(C)C)/CCC2)C(C)(C)c2cc(S(=O)(=O)[N-]CC[N+](C)(C)C)ccc21. The summed E-state index contributed by atoms with van der Waals surface area (Å²) in [6, 6.07) is 19.5. The second-order valence-electron chi connectivity index (χ2n) is 20.3. The van der Waals surface area contributed by atoms with E-state index in [-0.39, 0.29) is 35.6 Å². The molecule has 0 aromatic heterocycles. The molecule has 1 aliphatic carbocycles. The molecule has 2 amide bonds. The van der Waals surface area contributed by atoms with Crippen LogP contribution in [0.5, 0.6) is 0 Å². The van der Waals surface area contributed by atoms with Gasteiger partial charge in [0.25, 0.3) is 11.8 Å². The van der Waals surface area contributed by atoms with Crippen LogP contribution in [0.15, 0.2) is 123 Å². The summed E-state index contributed by atoms with van der Waals surface area (Å²) >= 11 is 0. The predicted octanol–water partition coefficient (Wildman–Crippen LogP) is 8.23. The molecule has 0 N–H and O–H groups in total. The zero-order chi connectivity index (χ0) is 50.8. The average molecular weight is 990 g/mol. The zero-order valence-electron chi connectivity index (χ0n) is 41.4. The van der Waals surface area contributed by atoms with Crippen LogP contribution in [-0.4, -0.2) is 107 Å². The van der Waals surface area contributed by atoms with Crippen molar-refractivity contribution in [2.75, 3.05) is 52.7 Å². The fourth-order valence-electron chi connectivity index (χ4n) is 9.52. The summed E-state index contributed by atoms with van der Waals surface area (Å²) in [6.07, 6.45) is 12.6. The molecular weight excluding hydrogens is 927 g/mol. The van der Waals surface area contributed by atoms with Gasteiger partial charge in [0.15, 0.2) is 5.71 Å². The third-order valence-electron chi connectivity index (χ3n) is 13.5. The molecule has 3 heterocycles. The number of imide groups is 1. The Morgan fingerprint density at radius 1 is 0.829 bits per heavy atom. The van der Waals surface area contributed by atoms with Gasteiger partial charge in [-0.2, -0.15) is 4.58 Å². The van der Waals surface area contributed by atoms with Crippen LogP contribution >= 0.6 is 0 Å². The Kier molecular flexibility index (Phi) is 15.1. The van der Waals surface area contributed by atoms with E-state index in [1.807, 2.05) is 78.4 Å². The summed E-state index contributed by atoms with van der Waals surface area (Å²) in [5.41, 5.74) is 7.77. The molecule has 0 atom stereocenters. The molecule has 0 radical (unpaired) electrons. The minimum Gasteiger partial charge on any atom is -0.744 e. The maximum Gasteiger partial charge on any atom is 0.333 e. The number of nitrogens with zero attached hydrogens (tertiary/aromatic N) is 5. The van der Waals surface area contributed by atoms with E-state index in [1.54, 1.807) is 18.2 Å². The van der Waals surface area contributed by atoms with Gasteiger partial charge in [0.1, 0.15) is 27.2 Å². The maximum atomic E-state index is 13.4. The predicted molar refractivity (Wildman–Crippen MR) is 269 cm³/mol. The molecule has 70 heavy (non-hydrogen) atoms. The summed E-state index contributed by atoms with van der Waals surface area (Å²) in [7, 11) is -0.601. The van der Waals surface area contributed by atoms with E-state index >= 15 is 0 Å². The van der Waals surface area contributed by atoms with Crippen LogP contribution < -0.4 is 4.90 Å². The number of rotatable bonds is 16. The molecule has 0 spiro atoms. The number of fused-ring (bicyclic) bond motifs is 2. The van der Waals surface area contributed by atoms with Crippen LogP contribution in [0.1, 0.15) is 102 Å². The Morgan fingerprint density at radius 3 is 2.20 bits per heavy atom. The standard InChI is InChI=1S/C54H63N5O9S2/c1-53(2)44-36-41(69(63,64)55-33-35-59(6,7)8)24-27-46(44)56(5)48(53)29-22-39-18-15-19-40(43(39)26-21-38-16-11-9-12-17-38)23-30-49-54(3,4)45-37-42(70(65,66)67)25-28-47(45)57(49)34-14-10-13-20-52(62)68-58-50(60)31-32-51(58)61/h9,11-12,16-17,22-25,27-30,36-37H,10,13-15,18-20,31-35H2,1-8H3. The molecule has 1 fully saturated rings. The fraction of sp³-hybridized carbons (Fsp3) is 0.407. The molecule has 1 saturated heterocycles. The van der Waals surface area contributed by atoms with Crippen LogP contribution in [0.3, 0.4) is 0 Å². The number of unbranched alkanes of at least 4 members (excludes halogenated alkanes) is 2. The highest BCUT2D eigenvalue weighted by Gasteiger charge is 2.44. The number of amides is 2. The molecule has 7 rings (SSSR count).